The summed E-state index contributed by atoms with van der Waals surface area (Å²) < 4.78 is 5.07. The van der Waals surface area contributed by atoms with E-state index in [9.17, 15) is 9.59 Å². The summed E-state index contributed by atoms with van der Waals surface area (Å²) in [5.41, 5.74) is 1.55. The molecule has 98 valence electrons. The van der Waals surface area contributed by atoms with Gasteiger partial charge >= 0.3 is 5.97 Å². The van der Waals surface area contributed by atoms with Gasteiger partial charge in [-0.3, -0.25) is 4.79 Å². The molecule has 1 aromatic heterocycles. The zero-order valence-electron chi connectivity index (χ0n) is 10.5. The van der Waals surface area contributed by atoms with Crippen molar-refractivity contribution >= 4 is 28.2 Å². The molecule has 0 radical (unpaired) electrons. The molecule has 0 saturated carbocycles. The molecule has 0 fully saturated rings. The van der Waals surface area contributed by atoms with Crippen LogP contribution in [-0.4, -0.2) is 25.0 Å². The first-order valence-corrected chi connectivity index (χ1v) is 6.75. The van der Waals surface area contributed by atoms with E-state index in [1.807, 2.05) is 0 Å². The van der Waals surface area contributed by atoms with Gasteiger partial charge in [0.1, 0.15) is 5.00 Å². The molecule has 0 aromatic carbocycles. The summed E-state index contributed by atoms with van der Waals surface area (Å²) in [6.45, 7) is 5.13. The average Bonchev–Trinajstić information content (AvgIpc) is 2.66. The number of nitrogens with one attached hydrogen (secondary N) is 2. The lowest BCUT2D eigenvalue weighted by molar-refractivity contribution is -0.114. The maximum absolute atomic E-state index is 12.0. The second-order valence-corrected chi connectivity index (χ2v) is 5.14. The van der Waals surface area contributed by atoms with Crippen molar-refractivity contribution in [2.45, 2.75) is 26.8 Å². The van der Waals surface area contributed by atoms with E-state index in [2.05, 4.69) is 10.6 Å². The van der Waals surface area contributed by atoms with Crippen molar-refractivity contribution in [3.63, 3.8) is 0 Å². The Hall–Kier alpha value is -1.40. The smallest absolute Gasteiger partial charge is 0.341 e. The van der Waals surface area contributed by atoms with Gasteiger partial charge < -0.3 is 15.4 Å². The predicted octanol–water partition coefficient (Wildman–Crippen LogP) is 1.53. The van der Waals surface area contributed by atoms with Crippen LogP contribution in [0.4, 0.5) is 5.00 Å². The van der Waals surface area contributed by atoms with Gasteiger partial charge in [-0.05, 0) is 25.5 Å². The van der Waals surface area contributed by atoms with Crippen LogP contribution in [0.25, 0.3) is 0 Å². The highest BCUT2D eigenvalue weighted by Gasteiger charge is 2.26. The lowest BCUT2D eigenvalue weighted by Gasteiger charge is -2.13. The van der Waals surface area contributed by atoms with E-state index in [0.717, 1.165) is 30.0 Å². The number of carbonyl (C=O) groups is 2. The number of hydrogen-bond acceptors (Lipinski definition) is 5. The molecule has 0 spiro atoms. The Morgan fingerprint density at radius 2 is 2.28 bits per heavy atom. The molecule has 0 unspecified atom stereocenters. The number of fused-ring (bicyclic) bond motifs is 1. The Bertz CT molecular complexity index is 482. The molecule has 1 amide bonds. The summed E-state index contributed by atoms with van der Waals surface area (Å²) in [5.74, 6) is -0.521. The summed E-state index contributed by atoms with van der Waals surface area (Å²) in [6.07, 6.45) is 0.791. The van der Waals surface area contributed by atoms with Crippen LogP contribution in [0.5, 0.6) is 0 Å². The minimum atomic E-state index is -0.347. The SMILES string of the molecule is CCOC(=O)c1c(NC(C)=O)sc2c1CCNC2. The van der Waals surface area contributed by atoms with Crippen molar-refractivity contribution in [1.29, 1.82) is 0 Å². The van der Waals surface area contributed by atoms with Gasteiger partial charge in [0.15, 0.2) is 0 Å². The van der Waals surface area contributed by atoms with Gasteiger partial charge in [0.25, 0.3) is 0 Å². The van der Waals surface area contributed by atoms with Gasteiger partial charge in [0, 0.05) is 18.3 Å². The van der Waals surface area contributed by atoms with E-state index in [4.69, 9.17) is 4.74 Å². The van der Waals surface area contributed by atoms with E-state index in [1.54, 1.807) is 6.92 Å². The third-order valence-electron chi connectivity index (χ3n) is 2.70. The number of carbonyl (C=O) groups excluding carboxylic acids is 2. The molecular weight excluding hydrogens is 252 g/mol. The molecule has 1 aromatic rings. The number of thiophene rings is 1. The van der Waals surface area contributed by atoms with E-state index in [0.29, 0.717) is 17.2 Å². The summed E-state index contributed by atoms with van der Waals surface area (Å²) in [5, 5.41) is 6.58. The van der Waals surface area contributed by atoms with E-state index in [-0.39, 0.29) is 11.9 Å². The Morgan fingerprint density at radius 1 is 1.50 bits per heavy atom. The first kappa shape index (κ1) is 13.0. The Morgan fingerprint density at radius 3 is 2.94 bits per heavy atom. The monoisotopic (exact) mass is 268 g/mol. The molecule has 6 heteroatoms. The van der Waals surface area contributed by atoms with Crippen LogP contribution in [-0.2, 0) is 22.5 Å². The molecule has 18 heavy (non-hydrogen) atoms. The van der Waals surface area contributed by atoms with Crippen LogP contribution >= 0.6 is 11.3 Å². The average molecular weight is 268 g/mol. The van der Waals surface area contributed by atoms with Gasteiger partial charge in [-0.1, -0.05) is 0 Å². The van der Waals surface area contributed by atoms with Crippen LogP contribution in [0.1, 0.15) is 34.6 Å². The molecule has 1 aliphatic rings. The second kappa shape index (κ2) is 5.49. The molecule has 0 atom stereocenters. The minimum absolute atomic E-state index is 0.174. The largest absolute Gasteiger partial charge is 0.462 e. The van der Waals surface area contributed by atoms with Gasteiger partial charge in [0.05, 0.1) is 12.2 Å². The molecule has 2 heterocycles. The minimum Gasteiger partial charge on any atom is -0.462 e. The quantitative estimate of drug-likeness (QED) is 0.816. The summed E-state index contributed by atoms with van der Waals surface area (Å²) in [6, 6.07) is 0. The summed E-state index contributed by atoms with van der Waals surface area (Å²) in [4.78, 5) is 24.3. The molecule has 2 N–H and O–H groups in total. The van der Waals surface area contributed by atoms with Gasteiger partial charge in [-0.25, -0.2) is 4.79 Å². The van der Waals surface area contributed by atoms with Crippen LogP contribution in [0.15, 0.2) is 0 Å². The third-order valence-corrected chi connectivity index (χ3v) is 3.84. The number of rotatable bonds is 3. The predicted molar refractivity (Wildman–Crippen MR) is 70.0 cm³/mol. The second-order valence-electron chi connectivity index (χ2n) is 4.04. The molecule has 0 saturated heterocycles. The fourth-order valence-corrected chi connectivity index (χ4v) is 3.25. The zero-order chi connectivity index (χ0) is 13.1. The highest BCUT2D eigenvalue weighted by molar-refractivity contribution is 7.17. The number of ether oxygens (including phenoxy) is 1. The number of anilines is 1. The molecule has 2 rings (SSSR count). The topological polar surface area (TPSA) is 67.4 Å². The Kier molecular flexibility index (Phi) is 3.98. The third kappa shape index (κ3) is 2.54. The first-order chi connectivity index (χ1) is 8.63. The van der Waals surface area contributed by atoms with Crippen molar-refractivity contribution in [1.82, 2.24) is 5.32 Å². The fraction of sp³-hybridized carbons (Fsp3) is 0.500. The van der Waals surface area contributed by atoms with Crippen LogP contribution in [0.2, 0.25) is 0 Å². The van der Waals surface area contributed by atoms with Crippen molar-refractivity contribution in [2.75, 3.05) is 18.5 Å². The van der Waals surface area contributed by atoms with Crippen molar-refractivity contribution < 1.29 is 14.3 Å². The molecular formula is C12H16N2O3S. The summed E-state index contributed by atoms with van der Waals surface area (Å²) >= 11 is 1.45. The van der Waals surface area contributed by atoms with Gasteiger partial charge in [-0.2, -0.15) is 0 Å². The summed E-state index contributed by atoms with van der Waals surface area (Å²) in [7, 11) is 0. The van der Waals surface area contributed by atoms with Crippen molar-refractivity contribution in [2.24, 2.45) is 0 Å². The molecule has 1 aliphatic heterocycles. The number of hydrogen-bond donors (Lipinski definition) is 2. The molecule has 0 aliphatic carbocycles. The maximum Gasteiger partial charge on any atom is 0.341 e. The zero-order valence-corrected chi connectivity index (χ0v) is 11.3. The Labute approximate surface area is 110 Å². The van der Waals surface area contributed by atoms with E-state index < -0.39 is 0 Å². The van der Waals surface area contributed by atoms with Crippen LogP contribution < -0.4 is 10.6 Å². The fourth-order valence-electron chi connectivity index (χ4n) is 2.00. The normalized spacial score (nSPS) is 13.9. The maximum atomic E-state index is 12.0. The van der Waals surface area contributed by atoms with Gasteiger partial charge in [-0.15, -0.1) is 11.3 Å². The standard InChI is InChI=1S/C12H16N2O3S/c1-3-17-12(16)10-8-4-5-13-6-9(8)18-11(10)14-7(2)15/h13H,3-6H2,1-2H3,(H,14,15). The molecule has 5 nitrogen and oxygen atoms in total. The van der Waals surface area contributed by atoms with Gasteiger partial charge in [0.2, 0.25) is 5.91 Å². The number of esters is 1. The highest BCUT2D eigenvalue weighted by Crippen LogP contribution is 2.35. The Balaban J connectivity index is 2.41. The van der Waals surface area contributed by atoms with Crippen LogP contribution in [0, 0.1) is 0 Å². The van der Waals surface area contributed by atoms with Crippen molar-refractivity contribution in [3.8, 4) is 0 Å². The lowest BCUT2D eigenvalue weighted by atomic mass is 10.0. The van der Waals surface area contributed by atoms with Crippen molar-refractivity contribution in [3.05, 3.63) is 16.0 Å². The highest BCUT2D eigenvalue weighted by atomic mass is 32.1. The van der Waals surface area contributed by atoms with Crippen LogP contribution in [0.3, 0.4) is 0 Å². The van der Waals surface area contributed by atoms with E-state index in [1.165, 1.54) is 18.3 Å². The first-order valence-electron chi connectivity index (χ1n) is 5.93. The lowest BCUT2D eigenvalue weighted by Crippen LogP contribution is -2.23. The van der Waals surface area contributed by atoms with E-state index >= 15 is 0 Å². The molecule has 0 bridgehead atoms. The number of amides is 1.